The second kappa shape index (κ2) is 9.09. The summed E-state index contributed by atoms with van der Waals surface area (Å²) in [7, 11) is 0. The summed E-state index contributed by atoms with van der Waals surface area (Å²) in [5.74, 6) is 0.441. The zero-order valence-electron chi connectivity index (χ0n) is 19.4. The van der Waals surface area contributed by atoms with E-state index in [4.69, 9.17) is 0 Å². The van der Waals surface area contributed by atoms with Crippen molar-refractivity contribution >= 4 is 23.2 Å². The molecule has 0 spiro atoms. The number of pyridine rings is 2. The van der Waals surface area contributed by atoms with Crippen LogP contribution in [-0.4, -0.2) is 57.8 Å². The van der Waals surface area contributed by atoms with Crippen molar-refractivity contribution in [3.05, 3.63) is 95.1 Å². The van der Waals surface area contributed by atoms with Gasteiger partial charge < -0.3 is 9.80 Å². The average Bonchev–Trinajstić information content (AvgIpc) is 3.10. The maximum absolute atomic E-state index is 13.7. The van der Waals surface area contributed by atoms with Crippen molar-refractivity contribution in [2.45, 2.75) is 20.4 Å². The third-order valence-corrected chi connectivity index (χ3v) is 6.43. The fourth-order valence-electron chi connectivity index (χ4n) is 4.71. The van der Waals surface area contributed by atoms with Crippen LogP contribution in [0.5, 0.6) is 0 Å². The van der Waals surface area contributed by atoms with Crippen LogP contribution in [0.1, 0.15) is 22.3 Å². The van der Waals surface area contributed by atoms with E-state index in [1.54, 1.807) is 18.6 Å². The Balaban J connectivity index is 1.48. The highest BCUT2D eigenvalue weighted by atomic mass is 16.2. The monoisotopic (exact) mass is 453 g/mol. The molecule has 1 fully saturated rings. The fraction of sp³-hybridized carbons (Fsp3) is 0.259. The van der Waals surface area contributed by atoms with Crippen LogP contribution < -0.4 is 4.90 Å². The minimum Gasteiger partial charge on any atom is -0.363 e. The number of carbonyl (C=O) groups is 2. The van der Waals surface area contributed by atoms with Crippen LogP contribution in [0.25, 0.3) is 5.57 Å². The molecule has 2 aliphatic rings. The molecule has 0 aliphatic carbocycles. The highest BCUT2D eigenvalue weighted by Crippen LogP contribution is 2.35. The lowest BCUT2D eigenvalue weighted by atomic mass is 9.97. The number of amides is 2. The molecule has 5 rings (SSSR count). The number of aryl methyl sites for hydroxylation is 2. The Bertz CT molecular complexity index is 1250. The van der Waals surface area contributed by atoms with Crippen molar-refractivity contribution < 1.29 is 9.59 Å². The van der Waals surface area contributed by atoms with Gasteiger partial charge in [-0.15, -0.1) is 0 Å². The quantitative estimate of drug-likeness (QED) is 0.553. The van der Waals surface area contributed by atoms with Crippen LogP contribution >= 0.6 is 0 Å². The van der Waals surface area contributed by atoms with Crippen molar-refractivity contribution in [3.63, 3.8) is 0 Å². The predicted molar refractivity (Wildman–Crippen MR) is 131 cm³/mol. The minimum atomic E-state index is -0.247. The zero-order valence-corrected chi connectivity index (χ0v) is 19.4. The number of benzene rings is 1. The van der Waals surface area contributed by atoms with E-state index in [0.717, 1.165) is 41.2 Å². The van der Waals surface area contributed by atoms with Crippen LogP contribution in [-0.2, 0) is 16.1 Å². The second-order valence-electron chi connectivity index (χ2n) is 8.76. The number of piperazine rings is 1. The van der Waals surface area contributed by atoms with Gasteiger partial charge in [-0.25, -0.2) is 4.98 Å². The Morgan fingerprint density at radius 1 is 0.853 bits per heavy atom. The summed E-state index contributed by atoms with van der Waals surface area (Å²) in [5.41, 5.74) is 4.75. The third-order valence-electron chi connectivity index (χ3n) is 6.43. The largest absolute Gasteiger partial charge is 0.363 e. The van der Waals surface area contributed by atoms with Crippen LogP contribution in [0, 0.1) is 13.8 Å². The van der Waals surface area contributed by atoms with Gasteiger partial charge in [0, 0.05) is 44.8 Å². The Morgan fingerprint density at radius 2 is 1.65 bits per heavy atom. The normalized spacial score (nSPS) is 16.6. The molecule has 0 N–H and O–H groups in total. The van der Waals surface area contributed by atoms with Crippen molar-refractivity contribution in [2.75, 3.05) is 31.1 Å². The van der Waals surface area contributed by atoms with Crippen molar-refractivity contribution in [3.8, 4) is 0 Å². The molecule has 1 aromatic carbocycles. The van der Waals surface area contributed by atoms with Crippen LogP contribution in [0.4, 0.5) is 5.82 Å². The molecular formula is C27H27N5O2. The number of nitrogens with zero attached hydrogens (tertiary/aromatic N) is 5. The molecule has 3 aromatic rings. The average molecular weight is 454 g/mol. The summed E-state index contributed by atoms with van der Waals surface area (Å²) >= 11 is 0. The smallest absolute Gasteiger partial charge is 0.278 e. The zero-order chi connectivity index (χ0) is 23.7. The first-order chi connectivity index (χ1) is 16.5. The molecule has 0 bridgehead atoms. The van der Waals surface area contributed by atoms with Gasteiger partial charge in [-0.05, 0) is 48.7 Å². The molecule has 172 valence electrons. The molecule has 0 saturated carbocycles. The Labute approximate surface area is 199 Å². The first-order valence-corrected chi connectivity index (χ1v) is 11.5. The van der Waals surface area contributed by atoms with Gasteiger partial charge in [-0.2, -0.15) is 0 Å². The summed E-state index contributed by atoms with van der Waals surface area (Å²) in [5, 5.41) is 0. The molecule has 34 heavy (non-hydrogen) atoms. The van der Waals surface area contributed by atoms with Crippen molar-refractivity contribution in [2.24, 2.45) is 0 Å². The molecule has 1 saturated heterocycles. The molecule has 7 nitrogen and oxygen atoms in total. The number of hydrogen-bond donors (Lipinski definition) is 0. The predicted octanol–water partition coefficient (Wildman–Crippen LogP) is 3.20. The SMILES string of the molecule is Cc1ccc(C2=C(N3CCN(c4ccccn4)CC3)C(=O)N(Cc3cccnc3)C2=O)c(C)c1. The number of hydrogen-bond acceptors (Lipinski definition) is 6. The van der Waals surface area contributed by atoms with Gasteiger partial charge >= 0.3 is 0 Å². The maximum atomic E-state index is 13.7. The van der Waals surface area contributed by atoms with Gasteiger partial charge in [0.05, 0.1) is 12.1 Å². The van der Waals surface area contributed by atoms with E-state index in [1.165, 1.54) is 4.90 Å². The summed E-state index contributed by atoms with van der Waals surface area (Å²) in [6.07, 6.45) is 5.17. The second-order valence-corrected chi connectivity index (χ2v) is 8.76. The molecule has 7 heteroatoms. The third kappa shape index (κ3) is 4.05. The van der Waals surface area contributed by atoms with E-state index in [0.29, 0.717) is 24.4 Å². The van der Waals surface area contributed by atoms with E-state index in [1.807, 2.05) is 56.3 Å². The number of carbonyl (C=O) groups excluding carboxylic acids is 2. The molecule has 2 amide bonds. The highest BCUT2D eigenvalue weighted by molar-refractivity contribution is 6.35. The highest BCUT2D eigenvalue weighted by Gasteiger charge is 2.42. The number of rotatable bonds is 5. The standard InChI is InChI=1S/C27H27N5O2/c1-19-8-9-22(20(2)16-19)24-25(27(34)32(26(24)33)18-21-6-5-10-28-17-21)31-14-12-30(13-15-31)23-7-3-4-11-29-23/h3-11,16-17H,12-15,18H2,1-2H3. The molecule has 0 radical (unpaired) electrons. The summed E-state index contributed by atoms with van der Waals surface area (Å²) in [6, 6.07) is 15.6. The molecule has 0 atom stereocenters. The maximum Gasteiger partial charge on any atom is 0.278 e. The fourth-order valence-corrected chi connectivity index (χ4v) is 4.71. The van der Waals surface area contributed by atoms with E-state index < -0.39 is 0 Å². The molecule has 4 heterocycles. The van der Waals surface area contributed by atoms with E-state index in [9.17, 15) is 9.59 Å². The number of aromatic nitrogens is 2. The van der Waals surface area contributed by atoms with Gasteiger partial charge in [0.2, 0.25) is 0 Å². The Kier molecular flexibility index (Phi) is 5.84. The summed E-state index contributed by atoms with van der Waals surface area (Å²) in [4.78, 5) is 41.6. The molecular weight excluding hydrogens is 426 g/mol. The lowest BCUT2D eigenvalue weighted by Crippen LogP contribution is -2.47. The van der Waals surface area contributed by atoms with Gasteiger partial charge in [0.25, 0.3) is 11.8 Å². The first kappa shape index (κ1) is 21.8. The van der Waals surface area contributed by atoms with Gasteiger partial charge in [-0.1, -0.05) is 35.9 Å². The molecule has 2 aromatic heterocycles. The Morgan fingerprint density at radius 3 is 2.32 bits per heavy atom. The van der Waals surface area contributed by atoms with Gasteiger partial charge in [0.15, 0.2) is 0 Å². The Hall–Kier alpha value is -4.00. The van der Waals surface area contributed by atoms with E-state index in [-0.39, 0.29) is 18.4 Å². The van der Waals surface area contributed by atoms with Gasteiger partial charge in [-0.3, -0.25) is 19.5 Å². The molecule has 0 unspecified atom stereocenters. The number of anilines is 1. The first-order valence-electron chi connectivity index (χ1n) is 11.5. The van der Waals surface area contributed by atoms with Crippen LogP contribution in [0.3, 0.4) is 0 Å². The van der Waals surface area contributed by atoms with Crippen molar-refractivity contribution in [1.29, 1.82) is 0 Å². The number of imide groups is 1. The van der Waals surface area contributed by atoms with Gasteiger partial charge in [0.1, 0.15) is 11.5 Å². The van der Waals surface area contributed by atoms with Crippen LogP contribution in [0.15, 0.2) is 72.8 Å². The molecule has 2 aliphatic heterocycles. The minimum absolute atomic E-state index is 0.206. The van der Waals surface area contributed by atoms with E-state index >= 15 is 0 Å². The van der Waals surface area contributed by atoms with Crippen LogP contribution in [0.2, 0.25) is 0 Å². The topological polar surface area (TPSA) is 69.6 Å². The van der Waals surface area contributed by atoms with Crippen molar-refractivity contribution in [1.82, 2.24) is 19.8 Å². The van der Waals surface area contributed by atoms with E-state index in [2.05, 4.69) is 25.8 Å². The summed E-state index contributed by atoms with van der Waals surface area (Å²) in [6.45, 7) is 6.96. The lowest BCUT2D eigenvalue weighted by Gasteiger charge is -2.37. The summed E-state index contributed by atoms with van der Waals surface area (Å²) < 4.78 is 0. The lowest BCUT2D eigenvalue weighted by molar-refractivity contribution is -0.138.